The summed E-state index contributed by atoms with van der Waals surface area (Å²) in [5.41, 5.74) is 2.34. The van der Waals surface area contributed by atoms with E-state index in [1.54, 1.807) is 6.92 Å². The second-order valence-corrected chi connectivity index (χ2v) is 8.94. The van der Waals surface area contributed by atoms with Gasteiger partial charge < -0.3 is 0 Å². The van der Waals surface area contributed by atoms with E-state index in [1.807, 2.05) is 30.3 Å². The third-order valence-electron chi connectivity index (χ3n) is 5.10. The van der Waals surface area contributed by atoms with E-state index in [1.165, 1.54) is 53.2 Å². The summed E-state index contributed by atoms with van der Waals surface area (Å²) in [6.45, 7) is 1.67. The van der Waals surface area contributed by atoms with Gasteiger partial charge in [0.2, 0.25) is 10.0 Å². The lowest BCUT2D eigenvalue weighted by molar-refractivity contribution is -0.384. The van der Waals surface area contributed by atoms with Crippen molar-refractivity contribution < 1.29 is 13.3 Å². The minimum Gasteiger partial charge on any atom is -0.290 e. The highest BCUT2D eigenvalue weighted by atomic mass is 32.2. The summed E-state index contributed by atoms with van der Waals surface area (Å²) in [7, 11) is -3.83. The van der Waals surface area contributed by atoms with Crippen molar-refractivity contribution in [2.45, 2.75) is 11.8 Å². The minimum atomic E-state index is -3.83. The van der Waals surface area contributed by atoms with E-state index < -0.39 is 20.5 Å². The molecule has 0 bridgehead atoms. The molecule has 11 heteroatoms. The van der Waals surface area contributed by atoms with E-state index in [2.05, 4.69) is 10.1 Å². The van der Waals surface area contributed by atoms with Gasteiger partial charge in [0.1, 0.15) is 0 Å². The van der Waals surface area contributed by atoms with Crippen molar-refractivity contribution in [3.8, 4) is 16.9 Å². The van der Waals surface area contributed by atoms with Gasteiger partial charge in [-0.25, -0.2) is 18.2 Å². The van der Waals surface area contributed by atoms with Crippen LogP contribution in [0.25, 0.3) is 16.9 Å². The molecule has 172 valence electrons. The molecule has 0 saturated heterocycles. The summed E-state index contributed by atoms with van der Waals surface area (Å²) in [5, 5.41) is 19.2. The van der Waals surface area contributed by atoms with Crippen molar-refractivity contribution in [2.24, 2.45) is 10.1 Å². The van der Waals surface area contributed by atoms with Crippen molar-refractivity contribution in [3.05, 3.63) is 105 Å². The van der Waals surface area contributed by atoms with Crippen molar-refractivity contribution in [1.29, 1.82) is 0 Å². The summed E-state index contributed by atoms with van der Waals surface area (Å²) in [6.07, 6.45) is 0. The van der Waals surface area contributed by atoms with Gasteiger partial charge in [-0.15, -0.1) is 0 Å². The number of nitrogens with one attached hydrogen (secondary N) is 1. The highest BCUT2D eigenvalue weighted by Crippen LogP contribution is 2.24. The molecule has 1 aromatic heterocycles. The van der Waals surface area contributed by atoms with Gasteiger partial charge in [0.25, 0.3) is 11.2 Å². The summed E-state index contributed by atoms with van der Waals surface area (Å²) >= 11 is 0. The van der Waals surface area contributed by atoms with Gasteiger partial charge in [-0.1, -0.05) is 30.3 Å². The van der Waals surface area contributed by atoms with Gasteiger partial charge in [-0.05, 0) is 43.3 Å². The number of non-ortho nitro benzene ring substituents is 1. The SMILES string of the molecule is CC(=Nc1ccc(S(N)(=O)=O)cc1)c1c(-c2ccccc2)[nH]n(-c2ccc([N+](=O)[O-])cc2)c1=O. The third-order valence-corrected chi connectivity index (χ3v) is 6.02. The van der Waals surface area contributed by atoms with Gasteiger partial charge >= 0.3 is 0 Å². The second-order valence-electron chi connectivity index (χ2n) is 7.38. The van der Waals surface area contributed by atoms with Crippen LogP contribution in [0.4, 0.5) is 11.4 Å². The Balaban J connectivity index is 1.84. The normalized spacial score (nSPS) is 12.0. The van der Waals surface area contributed by atoms with Crippen LogP contribution >= 0.6 is 0 Å². The molecule has 34 heavy (non-hydrogen) atoms. The number of primary sulfonamides is 1. The number of nitrogens with zero attached hydrogens (tertiary/aromatic N) is 3. The summed E-state index contributed by atoms with van der Waals surface area (Å²) < 4.78 is 24.3. The number of nitrogens with two attached hydrogens (primary N) is 1. The van der Waals surface area contributed by atoms with E-state index in [-0.39, 0.29) is 10.6 Å². The lowest BCUT2D eigenvalue weighted by Gasteiger charge is -2.04. The standard InChI is InChI=1S/C23H19N5O5S/c1-15(25-17-7-13-20(14-8-17)34(24,32)33)21-22(16-5-3-2-4-6-16)26-27(23(21)29)18-9-11-19(12-10-18)28(30)31/h2-14,26H,1H3,(H2,24,32,33). The third kappa shape index (κ3) is 4.56. The fraction of sp³-hybridized carbons (Fsp3) is 0.0435. The van der Waals surface area contributed by atoms with Gasteiger partial charge in [0, 0.05) is 17.7 Å². The molecule has 10 nitrogen and oxygen atoms in total. The summed E-state index contributed by atoms with van der Waals surface area (Å²) in [5.74, 6) is 0. The molecule has 0 saturated carbocycles. The number of aliphatic imine (C=N–C) groups is 1. The Morgan fingerprint density at radius 1 is 1.00 bits per heavy atom. The lowest BCUT2D eigenvalue weighted by atomic mass is 10.1. The van der Waals surface area contributed by atoms with Gasteiger partial charge in [-0.2, -0.15) is 0 Å². The summed E-state index contributed by atoms with van der Waals surface area (Å²) in [6, 6.07) is 20.4. The van der Waals surface area contributed by atoms with Gasteiger partial charge in [0.05, 0.1) is 38.2 Å². The molecule has 0 fully saturated rings. The molecule has 0 aliphatic heterocycles. The van der Waals surface area contributed by atoms with E-state index in [4.69, 9.17) is 5.14 Å². The number of nitro groups is 1. The van der Waals surface area contributed by atoms with Crippen LogP contribution in [0.2, 0.25) is 0 Å². The van der Waals surface area contributed by atoms with Gasteiger partial charge in [-0.3, -0.25) is 25.0 Å². The average Bonchev–Trinajstić information content (AvgIpc) is 3.16. The van der Waals surface area contributed by atoms with E-state index in [9.17, 15) is 23.3 Å². The van der Waals surface area contributed by atoms with Crippen LogP contribution in [0.15, 0.2) is 93.5 Å². The number of hydrogen-bond donors (Lipinski definition) is 2. The van der Waals surface area contributed by atoms with Crippen molar-refractivity contribution >= 4 is 27.1 Å². The van der Waals surface area contributed by atoms with E-state index in [0.717, 1.165) is 5.56 Å². The molecule has 3 aromatic carbocycles. The maximum absolute atomic E-state index is 13.4. The van der Waals surface area contributed by atoms with Crippen LogP contribution in [0.1, 0.15) is 12.5 Å². The van der Waals surface area contributed by atoms with Crippen LogP contribution in [0, 0.1) is 10.1 Å². The zero-order chi connectivity index (χ0) is 24.5. The monoisotopic (exact) mass is 477 g/mol. The van der Waals surface area contributed by atoms with Crippen LogP contribution in [-0.4, -0.2) is 28.8 Å². The maximum atomic E-state index is 13.4. The van der Waals surface area contributed by atoms with Crippen molar-refractivity contribution in [3.63, 3.8) is 0 Å². The van der Waals surface area contributed by atoms with Crippen LogP contribution < -0.4 is 10.7 Å². The highest BCUT2D eigenvalue weighted by Gasteiger charge is 2.20. The Kier molecular flexibility index (Phi) is 5.97. The molecule has 4 rings (SSSR count). The summed E-state index contributed by atoms with van der Waals surface area (Å²) in [4.78, 5) is 28.3. The van der Waals surface area contributed by atoms with E-state index in [0.29, 0.717) is 28.3 Å². The molecule has 0 unspecified atom stereocenters. The van der Waals surface area contributed by atoms with Crippen LogP contribution in [0.3, 0.4) is 0 Å². The van der Waals surface area contributed by atoms with Crippen LogP contribution in [-0.2, 0) is 10.0 Å². The first-order chi connectivity index (χ1) is 16.1. The quantitative estimate of drug-likeness (QED) is 0.247. The minimum absolute atomic E-state index is 0.0451. The number of sulfonamides is 1. The zero-order valence-corrected chi connectivity index (χ0v) is 18.7. The molecule has 0 radical (unpaired) electrons. The number of H-pyrrole nitrogens is 1. The highest BCUT2D eigenvalue weighted by molar-refractivity contribution is 7.89. The zero-order valence-electron chi connectivity index (χ0n) is 17.9. The van der Waals surface area contributed by atoms with E-state index >= 15 is 0 Å². The first kappa shape index (κ1) is 22.8. The Morgan fingerprint density at radius 3 is 2.18 bits per heavy atom. The topological polar surface area (TPSA) is 153 Å². The molecule has 0 spiro atoms. The van der Waals surface area contributed by atoms with Crippen molar-refractivity contribution in [2.75, 3.05) is 0 Å². The molecule has 1 heterocycles. The first-order valence-corrected chi connectivity index (χ1v) is 11.5. The molecular formula is C23H19N5O5S. The molecular weight excluding hydrogens is 458 g/mol. The van der Waals surface area contributed by atoms with Gasteiger partial charge in [0.15, 0.2) is 0 Å². The predicted octanol–water partition coefficient (Wildman–Crippen LogP) is 3.53. The fourth-order valence-electron chi connectivity index (χ4n) is 3.45. The lowest BCUT2D eigenvalue weighted by Crippen LogP contribution is -2.19. The largest absolute Gasteiger partial charge is 0.290 e. The predicted molar refractivity (Wildman–Crippen MR) is 128 cm³/mol. The average molecular weight is 478 g/mol. The maximum Gasteiger partial charge on any atom is 0.280 e. The number of nitro benzene ring substituents is 1. The Morgan fingerprint density at radius 2 is 1.62 bits per heavy atom. The number of rotatable bonds is 6. The molecule has 0 aliphatic carbocycles. The number of hydrogen-bond acceptors (Lipinski definition) is 6. The Hall–Kier alpha value is -4.35. The fourth-order valence-corrected chi connectivity index (χ4v) is 3.97. The molecule has 3 N–H and O–H groups in total. The number of benzene rings is 3. The Labute approximate surface area is 194 Å². The smallest absolute Gasteiger partial charge is 0.280 e. The first-order valence-electron chi connectivity index (χ1n) is 9.99. The molecule has 0 amide bonds. The second kappa shape index (κ2) is 8.89. The Bertz CT molecular complexity index is 1550. The number of aromatic nitrogens is 2. The molecule has 4 aromatic rings. The number of aromatic amines is 1. The molecule has 0 atom stereocenters. The van der Waals surface area contributed by atoms with Crippen LogP contribution in [0.5, 0.6) is 0 Å². The molecule has 0 aliphatic rings. The van der Waals surface area contributed by atoms with Crippen molar-refractivity contribution in [1.82, 2.24) is 9.78 Å².